The van der Waals surface area contributed by atoms with Gasteiger partial charge in [-0.3, -0.25) is 24.0 Å². The Morgan fingerprint density at radius 3 is 1.44 bits per heavy atom. The maximum Gasteiger partial charge on any atom is 0.326 e. The van der Waals surface area contributed by atoms with Crippen molar-refractivity contribution in [3.8, 4) is 0 Å². The van der Waals surface area contributed by atoms with Crippen LogP contribution in [0.15, 0.2) is 0 Å². The lowest BCUT2D eigenvalue weighted by Gasteiger charge is -2.29. The molecule has 0 spiro atoms. The van der Waals surface area contributed by atoms with Gasteiger partial charge >= 0.3 is 11.9 Å². The Bertz CT molecular complexity index is 938. The number of aliphatic carboxylic acids is 2. The zero-order chi connectivity index (χ0) is 34.4. The Morgan fingerprint density at radius 1 is 0.600 bits per heavy atom. The van der Waals surface area contributed by atoms with Crippen molar-refractivity contribution in [3.05, 3.63) is 0 Å². The summed E-state index contributed by atoms with van der Waals surface area (Å²) >= 11 is 0. The average Bonchev–Trinajstić information content (AvgIpc) is 3.00. The molecule has 0 saturated heterocycles. The quantitative estimate of drug-likeness (QED) is 0.0488. The van der Waals surface area contributed by atoms with E-state index in [0.29, 0.717) is 64.6 Å². The van der Waals surface area contributed by atoms with Crippen LogP contribution in [-0.4, -0.2) is 95.6 Å². The first kappa shape index (κ1) is 41.7. The Hall–Kier alpha value is -3.34. The van der Waals surface area contributed by atoms with Crippen LogP contribution in [-0.2, 0) is 28.8 Å². The van der Waals surface area contributed by atoms with Gasteiger partial charge in [-0.25, -0.2) is 4.79 Å². The smallest absolute Gasteiger partial charge is 0.326 e. The lowest BCUT2D eigenvalue weighted by atomic mass is 9.96. The van der Waals surface area contributed by atoms with Gasteiger partial charge in [0.2, 0.25) is 23.6 Å². The molecule has 14 N–H and O–H groups in total. The number of unbranched alkanes of at least 4 members (excludes halogenated alkanes) is 3. The third-order valence-electron chi connectivity index (χ3n) is 7.52. The molecule has 0 aliphatic carbocycles. The summed E-state index contributed by atoms with van der Waals surface area (Å²) in [4.78, 5) is 75.5. The molecule has 0 saturated carbocycles. The van der Waals surface area contributed by atoms with E-state index in [2.05, 4.69) is 21.3 Å². The normalized spacial score (nSPS) is 15.1. The van der Waals surface area contributed by atoms with Crippen LogP contribution < -0.4 is 44.2 Å². The highest BCUT2D eigenvalue weighted by Gasteiger charge is 2.33. The largest absolute Gasteiger partial charge is 0.481 e. The van der Waals surface area contributed by atoms with Crippen molar-refractivity contribution in [2.45, 2.75) is 121 Å². The molecule has 0 rings (SSSR count). The first-order valence-electron chi connectivity index (χ1n) is 15.8. The van der Waals surface area contributed by atoms with E-state index in [-0.39, 0.29) is 38.0 Å². The summed E-state index contributed by atoms with van der Waals surface area (Å²) in [5, 5.41) is 29.0. The fraction of sp³-hybridized carbons (Fsp3) is 0.793. The molecule has 0 aliphatic heterocycles. The van der Waals surface area contributed by atoms with Crippen molar-refractivity contribution >= 4 is 35.6 Å². The Balaban J connectivity index is 5.91. The van der Waals surface area contributed by atoms with Crippen molar-refractivity contribution in [1.29, 1.82) is 0 Å². The summed E-state index contributed by atoms with van der Waals surface area (Å²) in [7, 11) is 0. The molecule has 0 bridgehead atoms. The molecule has 16 nitrogen and oxygen atoms in total. The molecule has 0 aromatic carbocycles. The van der Waals surface area contributed by atoms with Crippen molar-refractivity contribution < 1.29 is 39.0 Å². The third-order valence-corrected chi connectivity index (χ3v) is 7.52. The minimum absolute atomic E-state index is 0.128. The average molecular weight is 645 g/mol. The summed E-state index contributed by atoms with van der Waals surface area (Å²) in [6, 6.07) is -5.58. The second kappa shape index (κ2) is 24.0. The maximum absolute atomic E-state index is 13.6. The van der Waals surface area contributed by atoms with E-state index >= 15 is 0 Å². The molecule has 4 amide bonds. The Labute approximate surface area is 265 Å². The van der Waals surface area contributed by atoms with Crippen LogP contribution in [0.3, 0.4) is 0 Å². The van der Waals surface area contributed by atoms with E-state index in [4.69, 9.17) is 28.0 Å². The maximum atomic E-state index is 13.6. The monoisotopic (exact) mass is 644 g/mol. The molecule has 0 aliphatic rings. The summed E-state index contributed by atoms with van der Waals surface area (Å²) in [6.45, 7) is 4.67. The van der Waals surface area contributed by atoms with Crippen LogP contribution >= 0.6 is 0 Å². The second-order valence-electron chi connectivity index (χ2n) is 11.3. The fourth-order valence-corrected chi connectivity index (χ4v) is 4.45. The highest BCUT2D eigenvalue weighted by atomic mass is 16.4. The number of rotatable bonds is 26. The van der Waals surface area contributed by atoms with E-state index in [1.165, 1.54) is 0 Å². The molecule has 0 aromatic rings. The van der Waals surface area contributed by atoms with Gasteiger partial charge in [0.15, 0.2) is 0 Å². The first-order valence-corrected chi connectivity index (χ1v) is 15.8. The lowest BCUT2D eigenvalue weighted by molar-refractivity contribution is -0.143. The summed E-state index contributed by atoms with van der Waals surface area (Å²) < 4.78 is 0. The molecule has 16 heteroatoms. The van der Waals surface area contributed by atoms with Crippen molar-refractivity contribution in [3.63, 3.8) is 0 Å². The highest BCUT2D eigenvalue weighted by Crippen LogP contribution is 2.12. The summed E-state index contributed by atoms with van der Waals surface area (Å²) in [5.74, 6) is -5.37. The van der Waals surface area contributed by atoms with Crippen LogP contribution in [0, 0.1) is 5.92 Å². The van der Waals surface area contributed by atoms with Gasteiger partial charge in [0.05, 0.1) is 6.04 Å². The Kier molecular flexibility index (Phi) is 22.2. The molecule has 0 radical (unpaired) electrons. The van der Waals surface area contributed by atoms with Crippen LogP contribution in [0.2, 0.25) is 0 Å². The van der Waals surface area contributed by atoms with Gasteiger partial charge in [-0.05, 0) is 89.8 Å². The SMILES string of the molecule is CCC(C)C(NC(=O)C(CCCCN)NC(=O)C(CCCCN)NC(=O)C(N)CCC(=O)O)C(=O)NC(CCCCN)C(=O)O. The van der Waals surface area contributed by atoms with Crippen molar-refractivity contribution in [2.24, 2.45) is 28.9 Å². The van der Waals surface area contributed by atoms with E-state index < -0.39 is 65.8 Å². The molecule has 0 aromatic heterocycles. The van der Waals surface area contributed by atoms with Crippen molar-refractivity contribution in [1.82, 2.24) is 21.3 Å². The number of carboxylic acids is 2. The second-order valence-corrected chi connectivity index (χ2v) is 11.3. The van der Waals surface area contributed by atoms with Gasteiger partial charge < -0.3 is 54.4 Å². The molecule has 0 fully saturated rings. The van der Waals surface area contributed by atoms with Crippen LogP contribution in [0.1, 0.15) is 90.9 Å². The predicted molar refractivity (Wildman–Crippen MR) is 168 cm³/mol. The molecule has 45 heavy (non-hydrogen) atoms. The lowest BCUT2D eigenvalue weighted by Crippen LogP contribution is -2.59. The van der Waals surface area contributed by atoms with Crippen LogP contribution in [0.25, 0.3) is 0 Å². The fourth-order valence-electron chi connectivity index (χ4n) is 4.45. The van der Waals surface area contributed by atoms with Crippen molar-refractivity contribution in [2.75, 3.05) is 19.6 Å². The van der Waals surface area contributed by atoms with E-state index in [1.807, 2.05) is 6.92 Å². The zero-order valence-corrected chi connectivity index (χ0v) is 26.7. The number of hydrogen-bond donors (Lipinski definition) is 10. The van der Waals surface area contributed by atoms with E-state index in [0.717, 1.165) is 0 Å². The molecule has 260 valence electrons. The number of hydrogen-bond acceptors (Lipinski definition) is 10. The number of carbonyl (C=O) groups excluding carboxylic acids is 4. The van der Waals surface area contributed by atoms with Gasteiger partial charge in [0.25, 0.3) is 0 Å². The van der Waals surface area contributed by atoms with E-state index in [9.17, 15) is 33.9 Å². The first-order chi connectivity index (χ1) is 21.3. The summed E-state index contributed by atoms with van der Waals surface area (Å²) in [5.41, 5.74) is 22.5. The zero-order valence-electron chi connectivity index (χ0n) is 26.7. The molecule has 0 heterocycles. The summed E-state index contributed by atoms with van der Waals surface area (Å²) in [6.07, 6.45) is 3.77. The van der Waals surface area contributed by atoms with E-state index in [1.54, 1.807) is 6.92 Å². The number of nitrogens with one attached hydrogen (secondary N) is 4. The predicted octanol–water partition coefficient (Wildman–Crippen LogP) is -1.36. The van der Waals surface area contributed by atoms with Crippen LogP contribution in [0.5, 0.6) is 0 Å². The molecule has 6 atom stereocenters. The topological polar surface area (TPSA) is 295 Å². The van der Waals surface area contributed by atoms with Gasteiger partial charge in [-0.15, -0.1) is 0 Å². The number of amides is 4. The van der Waals surface area contributed by atoms with Gasteiger partial charge in [-0.2, -0.15) is 0 Å². The minimum Gasteiger partial charge on any atom is -0.481 e. The molecular weight excluding hydrogens is 588 g/mol. The Morgan fingerprint density at radius 2 is 1.02 bits per heavy atom. The highest BCUT2D eigenvalue weighted by molar-refractivity contribution is 5.95. The van der Waals surface area contributed by atoms with Gasteiger partial charge in [0, 0.05) is 6.42 Å². The van der Waals surface area contributed by atoms with Gasteiger partial charge in [0.1, 0.15) is 24.2 Å². The third kappa shape index (κ3) is 17.7. The molecule has 6 unspecified atom stereocenters. The van der Waals surface area contributed by atoms with Gasteiger partial charge in [-0.1, -0.05) is 20.3 Å². The number of carbonyl (C=O) groups is 6. The van der Waals surface area contributed by atoms with Crippen LogP contribution in [0.4, 0.5) is 0 Å². The minimum atomic E-state index is -1.20. The number of nitrogens with two attached hydrogens (primary N) is 4. The number of carboxylic acid groups (broad SMARTS) is 2. The standard InChI is InChI=1S/C29H56N8O8/c1-3-18(2)24(28(43)36-22(29(44)45)12-6-9-17-32)37-27(42)21(11-5-8-16-31)35-26(41)20(10-4-7-15-30)34-25(40)19(33)13-14-23(38)39/h18-22,24H,3-17,30-33H2,1-2H3,(H,34,40)(H,35,41)(H,36,43)(H,37,42)(H,38,39)(H,44,45). The molecular formula is C29H56N8O8.